The number of benzene rings is 1. The van der Waals surface area contributed by atoms with Gasteiger partial charge in [0.25, 0.3) is 5.91 Å². The summed E-state index contributed by atoms with van der Waals surface area (Å²) in [4.78, 5) is 24.4. The molecule has 0 saturated carbocycles. The van der Waals surface area contributed by atoms with Gasteiger partial charge >= 0.3 is 5.97 Å². The van der Waals surface area contributed by atoms with Crippen molar-refractivity contribution in [3.63, 3.8) is 0 Å². The highest BCUT2D eigenvalue weighted by Crippen LogP contribution is 2.18. The Morgan fingerprint density at radius 1 is 1.42 bits per heavy atom. The van der Waals surface area contributed by atoms with E-state index in [9.17, 15) is 9.59 Å². The smallest absolute Gasteiger partial charge is 0.308 e. The minimum atomic E-state index is -0.911. The molecule has 104 valence electrons. The Balaban J connectivity index is 2.85. The molecule has 1 atom stereocenters. The number of ether oxygens (including phenoxy) is 1. The molecule has 0 saturated heterocycles. The third kappa shape index (κ3) is 3.71. The molecule has 1 amide bonds. The predicted octanol–water partition coefficient (Wildman–Crippen LogP) is 1.80. The van der Waals surface area contributed by atoms with E-state index in [0.29, 0.717) is 11.3 Å². The van der Waals surface area contributed by atoms with Crippen molar-refractivity contribution in [2.75, 3.05) is 20.7 Å². The summed E-state index contributed by atoms with van der Waals surface area (Å²) in [6.07, 6.45) is 0. The van der Waals surface area contributed by atoms with Crippen LogP contribution in [0.3, 0.4) is 0 Å². The summed E-state index contributed by atoms with van der Waals surface area (Å²) >= 11 is 0. The van der Waals surface area contributed by atoms with E-state index >= 15 is 0 Å². The van der Waals surface area contributed by atoms with E-state index in [2.05, 4.69) is 0 Å². The van der Waals surface area contributed by atoms with Crippen molar-refractivity contribution in [2.45, 2.75) is 13.8 Å². The number of aryl methyl sites for hydroxylation is 1. The van der Waals surface area contributed by atoms with Gasteiger partial charge in [0.2, 0.25) is 0 Å². The average molecular weight is 265 g/mol. The highest BCUT2D eigenvalue weighted by Gasteiger charge is 2.19. The highest BCUT2D eigenvalue weighted by molar-refractivity contribution is 5.95. The first-order valence-corrected chi connectivity index (χ1v) is 5.99. The molecule has 1 unspecified atom stereocenters. The van der Waals surface area contributed by atoms with Crippen molar-refractivity contribution in [1.29, 1.82) is 0 Å². The summed E-state index contributed by atoms with van der Waals surface area (Å²) in [6.45, 7) is 3.58. The van der Waals surface area contributed by atoms with Crippen LogP contribution < -0.4 is 4.74 Å². The number of carboxylic acids is 1. The molecule has 0 aliphatic heterocycles. The molecule has 0 bridgehead atoms. The number of nitrogens with zero attached hydrogens (tertiary/aromatic N) is 1. The number of carbonyl (C=O) groups excluding carboxylic acids is 1. The maximum atomic E-state index is 12.2. The summed E-state index contributed by atoms with van der Waals surface area (Å²) in [5, 5.41) is 8.85. The van der Waals surface area contributed by atoms with Crippen molar-refractivity contribution < 1.29 is 19.4 Å². The zero-order valence-electron chi connectivity index (χ0n) is 11.6. The van der Waals surface area contributed by atoms with Crippen LogP contribution in [0.4, 0.5) is 0 Å². The van der Waals surface area contributed by atoms with Gasteiger partial charge in [-0.3, -0.25) is 9.59 Å². The van der Waals surface area contributed by atoms with Crippen molar-refractivity contribution in [3.8, 4) is 5.75 Å². The van der Waals surface area contributed by atoms with Crippen LogP contribution in [0.5, 0.6) is 5.75 Å². The van der Waals surface area contributed by atoms with E-state index < -0.39 is 11.9 Å². The first-order valence-electron chi connectivity index (χ1n) is 5.99. The second-order valence-electron chi connectivity index (χ2n) is 4.61. The molecule has 0 spiro atoms. The SMILES string of the molecule is COc1ccc(C(=O)N(C)CC(C)C(=O)O)c(C)c1. The van der Waals surface area contributed by atoms with Crippen LogP contribution in [0.1, 0.15) is 22.8 Å². The maximum absolute atomic E-state index is 12.2. The Hall–Kier alpha value is -2.04. The molecule has 19 heavy (non-hydrogen) atoms. The largest absolute Gasteiger partial charge is 0.497 e. The molecule has 0 aromatic heterocycles. The van der Waals surface area contributed by atoms with Gasteiger partial charge in [0, 0.05) is 19.2 Å². The monoisotopic (exact) mass is 265 g/mol. The number of aliphatic carboxylic acids is 1. The molecule has 5 nitrogen and oxygen atoms in total. The zero-order chi connectivity index (χ0) is 14.6. The Morgan fingerprint density at radius 2 is 2.05 bits per heavy atom. The van der Waals surface area contributed by atoms with Crippen LogP contribution in [0.2, 0.25) is 0 Å². The lowest BCUT2D eigenvalue weighted by Gasteiger charge is -2.20. The fraction of sp³-hybridized carbons (Fsp3) is 0.429. The number of methoxy groups -OCH3 is 1. The molecule has 1 aromatic rings. The van der Waals surface area contributed by atoms with Gasteiger partial charge < -0.3 is 14.7 Å². The van der Waals surface area contributed by atoms with Crippen LogP contribution in [0.25, 0.3) is 0 Å². The summed E-state index contributed by atoms with van der Waals surface area (Å²) in [5.74, 6) is -0.998. The van der Waals surface area contributed by atoms with E-state index in [1.54, 1.807) is 39.3 Å². The lowest BCUT2D eigenvalue weighted by atomic mass is 10.1. The quantitative estimate of drug-likeness (QED) is 0.881. The van der Waals surface area contributed by atoms with Crippen LogP contribution in [-0.4, -0.2) is 42.6 Å². The first kappa shape index (κ1) is 15.0. The molecular formula is C14H19NO4. The molecule has 1 rings (SSSR count). The minimum absolute atomic E-state index is 0.180. The number of amides is 1. The lowest BCUT2D eigenvalue weighted by Crippen LogP contribution is -2.34. The highest BCUT2D eigenvalue weighted by atomic mass is 16.5. The molecule has 0 radical (unpaired) electrons. The predicted molar refractivity (Wildman–Crippen MR) is 71.5 cm³/mol. The second-order valence-corrected chi connectivity index (χ2v) is 4.61. The minimum Gasteiger partial charge on any atom is -0.497 e. The molecule has 0 heterocycles. The number of rotatable bonds is 5. The molecule has 1 aromatic carbocycles. The van der Waals surface area contributed by atoms with Crippen LogP contribution in [0.15, 0.2) is 18.2 Å². The van der Waals surface area contributed by atoms with Gasteiger partial charge in [-0.05, 0) is 30.7 Å². The Kier molecular flexibility index (Phi) is 4.92. The van der Waals surface area contributed by atoms with E-state index in [-0.39, 0.29) is 12.5 Å². The van der Waals surface area contributed by atoms with E-state index in [1.165, 1.54) is 4.90 Å². The topological polar surface area (TPSA) is 66.8 Å². The van der Waals surface area contributed by atoms with E-state index in [4.69, 9.17) is 9.84 Å². The van der Waals surface area contributed by atoms with Gasteiger partial charge in [-0.25, -0.2) is 0 Å². The lowest BCUT2D eigenvalue weighted by molar-refractivity contribution is -0.141. The summed E-state index contributed by atoms with van der Waals surface area (Å²) in [7, 11) is 3.17. The van der Waals surface area contributed by atoms with Gasteiger partial charge in [-0.15, -0.1) is 0 Å². The van der Waals surface area contributed by atoms with Crippen molar-refractivity contribution in [3.05, 3.63) is 29.3 Å². The molecular weight excluding hydrogens is 246 g/mol. The van der Waals surface area contributed by atoms with Gasteiger partial charge in [0.05, 0.1) is 13.0 Å². The maximum Gasteiger partial charge on any atom is 0.308 e. The fourth-order valence-electron chi connectivity index (χ4n) is 1.78. The fourth-order valence-corrected chi connectivity index (χ4v) is 1.78. The Bertz CT molecular complexity index is 484. The number of carbonyl (C=O) groups is 2. The third-order valence-corrected chi connectivity index (χ3v) is 2.98. The number of hydrogen-bond acceptors (Lipinski definition) is 3. The summed E-state index contributed by atoms with van der Waals surface area (Å²) < 4.78 is 5.08. The molecule has 1 N–H and O–H groups in total. The summed E-state index contributed by atoms with van der Waals surface area (Å²) in [5.41, 5.74) is 1.36. The molecule has 0 fully saturated rings. The van der Waals surface area contributed by atoms with Gasteiger partial charge in [-0.1, -0.05) is 6.92 Å². The van der Waals surface area contributed by atoms with Crippen molar-refractivity contribution in [1.82, 2.24) is 4.90 Å². The standard InChI is InChI=1S/C14H19NO4/c1-9-7-11(19-4)5-6-12(9)13(16)15(3)8-10(2)14(17)18/h5-7,10H,8H2,1-4H3,(H,17,18). The molecule has 5 heteroatoms. The second kappa shape index (κ2) is 6.22. The van der Waals surface area contributed by atoms with Crippen LogP contribution >= 0.6 is 0 Å². The number of hydrogen-bond donors (Lipinski definition) is 1. The van der Waals surface area contributed by atoms with Crippen LogP contribution in [0, 0.1) is 12.8 Å². The Labute approximate surface area is 112 Å². The van der Waals surface area contributed by atoms with Crippen molar-refractivity contribution >= 4 is 11.9 Å². The summed E-state index contributed by atoms with van der Waals surface area (Å²) in [6, 6.07) is 5.19. The van der Waals surface area contributed by atoms with E-state index in [1.807, 2.05) is 6.92 Å². The van der Waals surface area contributed by atoms with Gasteiger partial charge in [-0.2, -0.15) is 0 Å². The number of carboxylic acid groups (broad SMARTS) is 1. The van der Waals surface area contributed by atoms with Crippen molar-refractivity contribution in [2.24, 2.45) is 5.92 Å². The first-order chi connectivity index (χ1) is 8.86. The zero-order valence-corrected chi connectivity index (χ0v) is 11.6. The normalized spacial score (nSPS) is 11.8. The average Bonchev–Trinajstić information content (AvgIpc) is 2.37. The Morgan fingerprint density at radius 3 is 2.53 bits per heavy atom. The van der Waals surface area contributed by atoms with E-state index in [0.717, 1.165) is 5.56 Å². The molecule has 0 aliphatic carbocycles. The van der Waals surface area contributed by atoms with Gasteiger partial charge in [0.1, 0.15) is 5.75 Å². The third-order valence-electron chi connectivity index (χ3n) is 2.98. The van der Waals surface area contributed by atoms with Gasteiger partial charge in [0.15, 0.2) is 0 Å². The molecule has 0 aliphatic rings. The van der Waals surface area contributed by atoms with Crippen LogP contribution in [-0.2, 0) is 4.79 Å².